The lowest BCUT2D eigenvalue weighted by atomic mass is 10.3. The van der Waals surface area contributed by atoms with Crippen molar-refractivity contribution in [2.75, 3.05) is 26.2 Å². The molecule has 1 fully saturated rings. The summed E-state index contributed by atoms with van der Waals surface area (Å²) in [6.45, 7) is 5.02. The summed E-state index contributed by atoms with van der Waals surface area (Å²) in [6.07, 6.45) is 5.32. The van der Waals surface area contributed by atoms with Crippen molar-refractivity contribution in [3.63, 3.8) is 0 Å². The number of nitrogens with one attached hydrogen (secondary N) is 1. The summed E-state index contributed by atoms with van der Waals surface area (Å²) in [5, 5.41) is 16.1. The summed E-state index contributed by atoms with van der Waals surface area (Å²) in [4.78, 5) is 11.0. The van der Waals surface area contributed by atoms with Gasteiger partial charge in [-0.1, -0.05) is 0 Å². The Hall–Kier alpha value is -2.30. The highest BCUT2D eigenvalue weighted by Crippen LogP contribution is 2.06. The molecule has 1 aliphatic rings. The van der Waals surface area contributed by atoms with Crippen molar-refractivity contribution in [2.24, 2.45) is 0 Å². The molecule has 2 aromatic rings. The average molecular weight is 269 g/mol. The van der Waals surface area contributed by atoms with Crippen molar-refractivity contribution in [1.82, 2.24) is 30.0 Å². The highest BCUT2D eigenvalue weighted by molar-refractivity contribution is 5.21. The van der Waals surface area contributed by atoms with Crippen molar-refractivity contribution in [2.45, 2.75) is 6.54 Å². The highest BCUT2D eigenvalue weighted by Gasteiger charge is 2.10. The zero-order valence-corrected chi connectivity index (χ0v) is 11.0. The summed E-state index contributed by atoms with van der Waals surface area (Å²) in [6, 6.07) is 3.62. The van der Waals surface area contributed by atoms with Crippen LogP contribution in [0.5, 0.6) is 0 Å². The molecular weight excluding hydrogens is 254 g/mol. The first-order valence-electron chi connectivity index (χ1n) is 6.55. The van der Waals surface area contributed by atoms with Crippen LogP contribution in [0.4, 0.5) is 0 Å². The molecule has 102 valence electrons. The molecule has 7 heteroatoms. The predicted octanol–water partition coefficient (Wildman–Crippen LogP) is -0.0608. The highest BCUT2D eigenvalue weighted by atomic mass is 15.3. The number of aromatic nitrogens is 4. The quantitative estimate of drug-likeness (QED) is 0.840. The second-order valence-electron chi connectivity index (χ2n) is 4.67. The van der Waals surface area contributed by atoms with E-state index in [1.54, 1.807) is 12.3 Å². The van der Waals surface area contributed by atoms with Crippen LogP contribution in [0.3, 0.4) is 0 Å². The number of rotatable bonds is 3. The van der Waals surface area contributed by atoms with Gasteiger partial charge in [-0.2, -0.15) is 10.4 Å². The third kappa shape index (κ3) is 2.82. The second-order valence-corrected chi connectivity index (χ2v) is 4.67. The van der Waals surface area contributed by atoms with Gasteiger partial charge in [-0.3, -0.25) is 4.90 Å². The van der Waals surface area contributed by atoms with E-state index in [-0.39, 0.29) is 0 Å². The van der Waals surface area contributed by atoms with Crippen molar-refractivity contribution in [3.05, 3.63) is 35.9 Å². The van der Waals surface area contributed by atoms with E-state index in [0.29, 0.717) is 11.6 Å². The molecule has 0 aliphatic carbocycles. The van der Waals surface area contributed by atoms with Crippen LogP contribution in [0.15, 0.2) is 24.7 Å². The van der Waals surface area contributed by atoms with Crippen LogP contribution in [0.25, 0.3) is 5.95 Å². The molecule has 20 heavy (non-hydrogen) atoms. The standard InChI is InChI=1S/C13H15N7/c14-7-12-1-4-20(18-12)13-16-8-11(9-17-13)10-19-5-2-15-3-6-19/h1,4,8-9,15H,2-3,5-6,10H2. The fourth-order valence-corrected chi connectivity index (χ4v) is 2.17. The topological polar surface area (TPSA) is 82.7 Å². The van der Waals surface area contributed by atoms with Gasteiger partial charge in [0.05, 0.1) is 0 Å². The van der Waals surface area contributed by atoms with Crippen LogP contribution in [-0.2, 0) is 6.54 Å². The van der Waals surface area contributed by atoms with Gasteiger partial charge in [-0.05, 0) is 6.07 Å². The molecular formula is C13H15N7. The first-order chi connectivity index (χ1) is 9.85. The van der Waals surface area contributed by atoms with Gasteiger partial charge in [0.1, 0.15) is 6.07 Å². The molecule has 1 saturated heterocycles. The van der Waals surface area contributed by atoms with Gasteiger partial charge in [0.2, 0.25) is 5.95 Å². The predicted molar refractivity (Wildman–Crippen MR) is 72.0 cm³/mol. The maximum Gasteiger partial charge on any atom is 0.250 e. The van der Waals surface area contributed by atoms with Gasteiger partial charge in [-0.15, -0.1) is 0 Å². The molecule has 0 unspecified atom stereocenters. The zero-order chi connectivity index (χ0) is 13.8. The fourth-order valence-electron chi connectivity index (χ4n) is 2.17. The molecule has 7 nitrogen and oxygen atoms in total. The van der Waals surface area contributed by atoms with E-state index < -0.39 is 0 Å². The maximum atomic E-state index is 8.75. The largest absolute Gasteiger partial charge is 0.314 e. The van der Waals surface area contributed by atoms with Gasteiger partial charge >= 0.3 is 0 Å². The summed E-state index contributed by atoms with van der Waals surface area (Å²) >= 11 is 0. The van der Waals surface area contributed by atoms with E-state index in [9.17, 15) is 0 Å². The Balaban J connectivity index is 1.69. The molecule has 3 rings (SSSR count). The summed E-state index contributed by atoms with van der Waals surface area (Å²) in [5.41, 5.74) is 1.45. The fraction of sp³-hybridized carbons (Fsp3) is 0.385. The minimum Gasteiger partial charge on any atom is -0.314 e. The Bertz CT molecular complexity index is 604. The van der Waals surface area contributed by atoms with E-state index in [4.69, 9.17) is 5.26 Å². The molecule has 0 aromatic carbocycles. The molecule has 3 heterocycles. The number of nitriles is 1. The Morgan fingerprint density at radius 3 is 2.65 bits per heavy atom. The average Bonchev–Trinajstić information content (AvgIpc) is 2.98. The lowest BCUT2D eigenvalue weighted by molar-refractivity contribution is 0.232. The molecule has 2 aromatic heterocycles. The van der Waals surface area contributed by atoms with Crippen LogP contribution >= 0.6 is 0 Å². The van der Waals surface area contributed by atoms with Gasteiger partial charge in [0, 0.05) is 56.9 Å². The van der Waals surface area contributed by atoms with Crippen LogP contribution < -0.4 is 5.32 Å². The number of nitrogens with zero attached hydrogens (tertiary/aromatic N) is 6. The first kappa shape index (κ1) is 12.7. The number of hydrogen-bond acceptors (Lipinski definition) is 6. The van der Waals surface area contributed by atoms with E-state index >= 15 is 0 Å². The van der Waals surface area contributed by atoms with Crippen molar-refractivity contribution >= 4 is 0 Å². The van der Waals surface area contributed by atoms with Gasteiger partial charge < -0.3 is 5.32 Å². The first-order valence-corrected chi connectivity index (χ1v) is 6.55. The normalized spacial score (nSPS) is 15.9. The number of hydrogen-bond donors (Lipinski definition) is 1. The molecule has 0 amide bonds. The Morgan fingerprint density at radius 1 is 1.25 bits per heavy atom. The SMILES string of the molecule is N#Cc1ccn(-c2ncc(CN3CCNCC3)cn2)n1. The van der Waals surface area contributed by atoms with Crippen molar-refractivity contribution in [3.8, 4) is 12.0 Å². The van der Waals surface area contributed by atoms with Gasteiger partial charge in [0.15, 0.2) is 5.69 Å². The van der Waals surface area contributed by atoms with Crippen LogP contribution in [-0.4, -0.2) is 50.8 Å². The Morgan fingerprint density at radius 2 is 2.00 bits per heavy atom. The van der Waals surface area contributed by atoms with E-state index in [0.717, 1.165) is 38.3 Å². The van der Waals surface area contributed by atoms with E-state index in [1.165, 1.54) is 4.68 Å². The van der Waals surface area contributed by atoms with Gasteiger partial charge in [0.25, 0.3) is 0 Å². The van der Waals surface area contributed by atoms with Gasteiger partial charge in [-0.25, -0.2) is 14.6 Å². The van der Waals surface area contributed by atoms with Crippen LogP contribution in [0.2, 0.25) is 0 Å². The maximum absolute atomic E-state index is 8.75. The number of piperazine rings is 1. The lowest BCUT2D eigenvalue weighted by Gasteiger charge is -2.26. The summed E-state index contributed by atoms with van der Waals surface area (Å²) in [5.74, 6) is 0.482. The lowest BCUT2D eigenvalue weighted by Crippen LogP contribution is -2.42. The molecule has 0 bridgehead atoms. The molecule has 0 atom stereocenters. The molecule has 0 saturated carbocycles. The van der Waals surface area contributed by atoms with E-state index in [2.05, 4.69) is 25.3 Å². The Kier molecular flexibility index (Phi) is 3.67. The monoisotopic (exact) mass is 269 g/mol. The second kappa shape index (κ2) is 5.77. The minimum atomic E-state index is 0.360. The minimum absolute atomic E-state index is 0.360. The molecule has 0 spiro atoms. The van der Waals surface area contributed by atoms with Crippen LogP contribution in [0, 0.1) is 11.3 Å². The molecule has 1 N–H and O–H groups in total. The molecule has 0 radical (unpaired) electrons. The third-order valence-electron chi connectivity index (χ3n) is 3.22. The van der Waals surface area contributed by atoms with Crippen molar-refractivity contribution in [1.29, 1.82) is 5.26 Å². The zero-order valence-electron chi connectivity index (χ0n) is 11.0. The Labute approximate surface area is 116 Å². The summed E-state index contributed by atoms with van der Waals surface area (Å²) < 4.78 is 1.51. The molecule has 1 aliphatic heterocycles. The third-order valence-corrected chi connectivity index (χ3v) is 3.22. The van der Waals surface area contributed by atoms with E-state index in [1.807, 2.05) is 18.5 Å². The van der Waals surface area contributed by atoms with Crippen LogP contribution in [0.1, 0.15) is 11.3 Å². The summed E-state index contributed by atoms with van der Waals surface area (Å²) in [7, 11) is 0. The van der Waals surface area contributed by atoms with Crippen molar-refractivity contribution < 1.29 is 0 Å². The smallest absolute Gasteiger partial charge is 0.250 e.